The summed E-state index contributed by atoms with van der Waals surface area (Å²) in [5.41, 5.74) is 8.62. The van der Waals surface area contributed by atoms with Gasteiger partial charge in [-0.2, -0.15) is 4.39 Å². The van der Waals surface area contributed by atoms with Crippen LogP contribution in [0.1, 0.15) is 16.7 Å². The van der Waals surface area contributed by atoms with Gasteiger partial charge in [0.1, 0.15) is 0 Å². The molecule has 1 aliphatic carbocycles. The second kappa shape index (κ2) is 4.93. The molecule has 0 aromatic heterocycles. The normalized spacial score (nSPS) is 15.7. The number of halogens is 1. The quantitative estimate of drug-likeness (QED) is 0.696. The van der Waals surface area contributed by atoms with E-state index in [1.54, 1.807) is 6.07 Å². The minimum atomic E-state index is -0.809. The van der Waals surface area contributed by atoms with Crippen LogP contribution in [0.2, 0.25) is 0 Å². The first kappa shape index (κ1) is 13.7. The number of hydrogen-bond acceptors (Lipinski definition) is 3. The Balaban J connectivity index is 1.82. The van der Waals surface area contributed by atoms with E-state index in [9.17, 15) is 14.5 Å². The van der Waals surface area contributed by atoms with Gasteiger partial charge in [0, 0.05) is 11.6 Å². The standard InChI is InChI=1S/C16H15FN2O2/c17-14-7-11(5-6-15(14)19(20)21)8-16(18)9-12-3-1-2-4-13(12)10-16/h1-7H,8-10,18H2. The van der Waals surface area contributed by atoms with Crippen LogP contribution in [0, 0.1) is 15.9 Å². The molecule has 0 unspecified atom stereocenters. The van der Waals surface area contributed by atoms with Gasteiger partial charge in [-0.3, -0.25) is 10.1 Å². The van der Waals surface area contributed by atoms with Crippen molar-refractivity contribution in [1.82, 2.24) is 0 Å². The Hall–Kier alpha value is -2.27. The van der Waals surface area contributed by atoms with Crippen LogP contribution in [0.5, 0.6) is 0 Å². The summed E-state index contributed by atoms with van der Waals surface area (Å²) in [4.78, 5) is 9.91. The van der Waals surface area contributed by atoms with E-state index >= 15 is 0 Å². The molecule has 0 amide bonds. The van der Waals surface area contributed by atoms with Gasteiger partial charge in [0.15, 0.2) is 0 Å². The van der Waals surface area contributed by atoms with Crippen molar-refractivity contribution in [3.8, 4) is 0 Å². The van der Waals surface area contributed by atoms with E-state index in [0.717, 1.165) is 12.8 Å². The first-order chi connectivity index (χ1) is 9.97. The molecule has 0 radical (unpaired) electrons. The molecule has 1 aliphatic rings. The van der Waals surface area contributed by atoms with Gasteiger partial charge < -0.3 is 5.73 Å². The molecule has 108 valence electrons. The number of fused-ring (bicyclic) bond motifs is 1. The van der Waals surface area contributed by atoms with E-state index in [-0.39, 0.29) is 0 Å². The molecule has 0 saturated heterocycles. The summed E-state index contributed by atoms with van der Waals surface area (Å²) in [6.07, 6.45) is 1.97. The van der Waals surface area contributed by atoms with Crippen LogP contribution in [-0.2, 0) is 19.3 Å². The average Bonchev–Trinajstić information content (AvgIpc) is 2.73. The lowest BCUT2D eigenvalue weighted by atomic mass is 9.89. The number of nitro groups is 1. The Bertz CT molecular complexity index is 690. The minimum Gasteiger partial charge on any atom is -0.324 e. The summed E-state index contributed by atoms with van der Waals surface area (Å²) in [5, 5.41) is 10.6. The third-order valence-corrected chi connectivity index (χ3v) is 3.97. The summed E-state index contributed by atoms with van der Waals surface area (Å²) in [7, 11) is 0. The zero-order chi connectivity index (χ0) is 15.0. The fourth-order valence-corrected chi connectivity index (χ4v) is 3.06. The van der Waals surface area contributed by atoms with Crippen molar-refractivity contribution in [3.63, 3.8) is 0 Å². The van der Waals surface area contributed by atoms with Crippen molar-refractivity contribution in [1.29, 1.82) is 0 Å². The fourth-order valence-electron chi connectivity index (χ4n) is 3.06. The van der Waals surface area contributed by atoms with Gasteiger partial charge in [-0.25, -0.2) is 0 Å². The summed E-state index contributed by atoms with van der Waals surface area (Å²) in [5.74, 6) is -0.809. The SMILES string of the molecule is NC1(Cc2ccc([N+](=O)[O-])c(F)c2)Cc2ccccc2C1. The lowest BCUT2D eigenvalue weighted by Gasteiger charge is -2.23. The highest BCUT2D eigenvalue weighted by Gasteiger charge is 2.33. The molecule has 0 bridgehead atoms. The zero-order valence-electron chi connectivity index (χ0n) is 11.4. The van der Waals surface area contributed by atoms with Crippen molar-refractivity contribution < 1.29 is 9.31 Å². The predicted molar refractivity (Wildman–Crippen MR) is 77.5 cm³/mol. The number of rotatable bonds is 3. The van der Waals surface area contributed by atoms with Gasteiger partial charge in [0.25, 0.3) is 0 Å². The molecule has 3 rings (SSSR count). The fraction of sp³-hybridized carbons (Fsp3) is 0.250. The van der Waals surface area contributed by atoms with Gasteiger partial charge in [0.05, 0.1) is 4.92 Å². The monoisotopic (exact) mass is 286 g/mol. The second-order valence-electron chi connectivity index (χ2n) is 5.70. The van der Waals surface area contributed by atoms with E-state index in [2.05, 4.69) is 12.1 Å². The van der Waals surface area contributed by atoms with Gasteiger partial charge in [-0.05, 0) is 42.0 Å². The van der Waals surface area contributed by atoms with Crippen molar-refractivity contribution in [2.24, 2.45) is 5.73 Å². The van der Waals surface area contributed by atoms with Gasteiger partial charge in [-0.15, -0.1) is 0 Å². The highest BCUT2D eigenvalue weighted by atomic mass is 19.1. The Morgan fingerprint density at radius 1 is 1.19 bits per heavy atom. The molecule has 2 N–H and O–H groups in total. The molecular weight excluding hydrogens is 271 g/mol. The van der Waals surface area contributed by atoms with Gasteiger partial charge >= 0.3 is 5.69 Å². The average molecular weight is 286 g/mol. The van der Waals surface area contributed by atoms with Crippen molar-refractivity contribution >= 4 is 5.69 Å². The van der Waals surface area contributed by atoms with Crippen LogP contribution in [0.3, 0.4) is 0 Å². The molecule has 5 heteroatoms. The summed E-state index contributed by atoms with van der Waals surface area (Å²) in [6.45, 7) is 0. The summed E-state index contributed by atoms with van der Waals surface area (Å²) >= 11 is 0. The topological polar surface area (TPSA) is 69.2 Å². The molecular formula is C16H15FN2O2. The smallest absolute Gasteiger partial charge is 0.304 e. The number of nitrogens with two attached hydrogens (primary N) is 1. The number of nitrogens with zero attached hydrogens (tertiary/aromatic N) is 1. The molecule has 21 heavy (non-hydrogen) atoms. The molecule has 0 saturated carbocycles. The lowest BCUT2D eigenvalue weighted by Crippen LogP contribution is -2.43. The first-order valence-electron chi connectivity index (χ1n) is 6.75. The molecule has 0 atom stereocenters. The molecule has 2 aromatic carbocycles. The molecule has 0 heterocycles. The van der Waals surface area contributed by atoms with E-state index in [1.165, 1.54) is 23.3 Å². The van der Waals surface area contributed by atoms with Crippen LogP contribution >= 0.6 is 0 Å². The van der Waals surface area contributed by atoms with Crippen molar-refractivity contribution in [3.05, 3.63) is 75.1 Å². The Kier molecular flexibility index (Phi) is 3.22. The number of benzene rings is 2. The molecule has 0 aliphatic heterocycles. The van der Waals surface area contributed by atoms with Crippen LogP contribution in [-0.4, -0.2) is 10.5 Å². The number of nitro benzene ring substituents is 1. The third kappa shape index (κ3) is 2.64. The van der Waals surface area contributed by atoms with Gasteiger partial charge in [0.2, 0.25) is 5.82 Å². The molecule has 2 aromatic rings. The molecule has 4 nitrogen and oxygen atoms in total. The van der Waals surface area contributed by atoms with Gasteiger partial charge in [-0.1, -0.05) is 30.3 Å². The second-order valence-corrected chi connectivity index (χ2v) is 5.70. The van der Waals surface area contributed by atoms with E-state index in [0.29, 0.717) is 12.0 Å². The highest BCUT2D eigenvalue weighted by Crippen LogP contribution is 2.31. The van der Waals surface area contributed by atoms with Crippen molar-refractivity contribution in [2.75, 3.05) is 0 Å². The summed E-state index contributed by atoms with van der Waals surface area (Å²) < 4.78 is 13.7. The first-order valence-corrected chi connectivity index (χ1v) is 6.75. The van der Waals surface area contributed by atoms with Crippen LogP contribution in [0.15, 0.2) is 42.5 Å². The lowest BCUT2D eigenvalue weighted by molar-refractivity contribution is -0.387. The number of hydrogen-bond donors (Lipinski definition) is 1. The maximum atomic E-state index is 13.7. The molecule has 0 fully saturated rings. The van der Waals surface area contributed by atoms with E-state index in [1.807, 2.05) is 12.1 Å². The molecule has 0 spiro atoms. The van der Waals surface area contributed by atoms with E-state index < -0.39 is 22.0 Å². The zero-order valence-corrected chi connectivity index (χ0v) is 11.4. The minimum absolute atomic E-state index is 0.452. The Morgan fingerprint density at radius 3 is 2.33 bits per heavy atom. The van der Waals surface area contributed by atoms with E-state index in [4.69, 9.17) is 5.73 Å². The summed E-state index contributed by atoms with van der Waals surface area (Å²) in [6, 6.07) is 12.1. The predicted octanol–water partition coefficient (Wildman–Crippen LogP) is 2.77. The van der Waals surface area contributed by atoms with Crippen molar-refractivity contribution in [2.45, 2.75) is 24.8 Å². The third-order valence-electron chi connectivity index (χ3n) is 3.97. The highest BCUT2D eigenvalue weighted by molar-refractivity contribution is 5.39. The largest absolute Gasteiger partial charge is 0.324 e. The Morgan fingerprint density at radius 2 is 1.81 bits per heavy atom. The van der Waals surface area contributed by atoms with Crippen LogP contribution in [0.4, 0.5) is 10.1 Å². The maximum absolute atomic E-state index is 13.7. The van der Waals surface area contributed by atoms with Crippen LogP contribution in [0.25, 0.3) is 0 Å². The Labute approximate surface area is 121 Å². The van der Waals surface area contributed by atoms with Crippen LogP contribution < -0.4 is 5.73 Å². The maximum Gasteiger partial charge on any atom is 0.304 e.